The average Bonchev–Trinajstić information content (AvgIpc) is 2.05. The van der Waals surface area contributed by atoms with Crippen molar-refractivity contribution in [3.63, 3.8) is 0 Å². The van der Waals surface area contributed by atoms with Gasteiger partial charge in [0.05, 0.1) is 19.3 Å². The summed E-state index contributed by atoms with van der Waals surface area (Å²) in [7, 11) is 1.59. The molecule has 0 heterocycles. The van der Waals surface area contributed by atoms with Crippen molar-refractivity contribution < 1.29 is 19.0 Å². The number of hydrogen-bond donors (Lipinski definition) is 0. The molecule has 0 saturated heterocycles. The molecule has 4 heteroatoms. The van der Waals surface area contributed by atoms with Gasteiger partial charge in [0, 0.05) is 7.11 Å². The largest absolute Gasteiger partial charge is 0.464 e. The van der Waals surface area contributed by atoms with Crippen LogP contribution in [0, 0.1) is 0 Å². The van der Waals surface area contributed by atoms with Crippen LogP contribution in [0.3, 0.4) is 0 Å². The predicted octanol–water partition coefficient (Wildman–Crippen LogP) is 0.990. The van der Waals surface area contributed by atoms with Crippen molar-refractivity contribution in [1.29, 1.82) is 0 Å². The molecular formula is C9H18O4. The Morgan fingerprint density at radius 3 is 2.46 bits per heavy atom. The van der Waals surface area contributed by atoms with Crippen LogP contribution in [-0.2, 0) is 19.0 Å². The molecule has 0 aromatic carbocycles. The monoisotopic (exact) mass is 190 g/mol. The highest BCUT2D eigenvalue weighted by molar-refractivity contribution is 5.74. The lowest BCUT2D eigenvalue weighted by Gasteiger charge is -2.16. The van der Waals surface area contributed by atoms with Crippen molar-refractivity contribution in [3.8, 4) is 0 Å². The van der Waals surface area contributed by atoms with Crippen LogP contribution in [0.15, 0.2) is 0 Å². The van der Waals surface area contributed by atoms with Crippen LogP contribution in [0.5, 0.6) is 0 Å². The van der Waals surface area contributed by atoms with Crippen molar-refractivity contribution in [2.45, 2.75) is 33.0 Å². The first kappa shape index (κ1) is 12.4. The van der Waals surface area contributed by atoms with Gasteiger partial charge in [-0.3, -0.25) is 0 Å². The molecule has 0 bridgehead atoms. The van der Waals surface area contributed by atoms with Gasteiger partial charge in [0.1, 0.15) is 0 Å². The molecule has 0 aliphatic heterocycles. The average molecular weight is 190 g/mol. The van der Waals surface area contributed by atoms with E-state index in [1.807, 2.05) is 6.92 Å². The van der Waals surface area contributed by atoms with Crippen molar-refractivity contribution in [1.82, 2.24) is 0 Å². The van der Waals surface area contributed by atoms with Crippen LogP contribution in [0.25, 0.3) is 0 Å². The maximum Gasteiger partial charge on any atom is 0.334 e. The molecule has 0 aromatic heterocycles. The molecule has 0 fully saturated rings. The van der Waals surface area contributed by atoms with Crippen LogP contribution in [0.1, 0.15) is 20.8 Å². The Bertz CT molecular complexity index is 147. The van der Waals surface area contributed by atoms with E-state index in [-0.39, 0.29) is 12.1 Å². The number of carbonyl (C=O) groups excluding carboxylic acids is 1. The topological polar surface area (TPSA) is 44.8 Å². The van der Waals surface area contributed by atoms with E-state index in [0.717, 1.165) is 0 Å². The number of ether oxygens (including phenoxy) is 3. The minimum absolute atomic E-state index is 0.0931. The van der Waals surface area contributed by atoms with Crippen molar-refractivity contribution >= 4 is 5.97 Å². The lowest BCUT2D eigenvalue weighted by molar-refractivity contribution is -0.160. The zero-order valence-electron chi connectivity index (χ0n) is 8.70. The van der Waals surface area contributed by atoms with E-state index in [0.29, 0.717) is 13.2 Å². The van der Waals surface area contributed by atoms with Crippen LogP contribution >= 0.6 is 0 Å². The fourth-order valence-electron chi connectivity index (χ4n) is 0.938. The minimum Gasteiger partial charge on any atom is -0.464 e. The van der Waals surface area contributed by atoms with Gasteiger partial charge < -0.3 is 14.2 Å². The lowest BCUT2D eigenvalue weighted by atomic mass is 10.3. The van der Waals surface area contributed by atoms with Crippen LogP contribution in [0.4, 0.5) is 0 Å². The quantitative estimate of drug-likeness (QED) is 0.586. The smallest absolute Gasteiger partial charge is 0.334 e. The Balaban J connectivity index is 3.71. The summed E-state index contributed by atoms with van der Waals surface area (Å²) in [6.07, 6.45) is -0.616. The first-order valence-corrected chi connectivity index (χ1v) is 4.42. The Labute approximate surface area is 79.2 Å². The summed E-state index contributed by atoms with van der Waals surface area (Å²) in [5, 5.41) is 0. The molecular weight excluding hydrogens is 172 g/mol. The lowest BCUT2D eigenvalue weighted by Crippen LogP contribution is -2.29. The predicted molar refractivity (Wildman–Crippen MR) is 48.5 cm³/mol. The summed E-state index contributed by atoms with van der Waals surface area (Å²) < 4.78 is 15.0. The molecule has 4 nitrogen and oxygen atoms in total. The van der Waals surface area contributed by atoms with Crippen molar-refractivity contribution in [2.75, 3.05) is 20.3 Å². The van der Waals surface area contributed by atoms with Gasteiger partial charge in [0.2, 0.25) is 0 Å². The van der Waals surface area contributed by atoms with Gasteiger partial charge in [-0.05, 0) is 20.8 Å². The Morgan fingerprint density at radius 1 is 1.38 bits per heavy atom. The molecule has 0 N–H and O–H groups in total. The highest BCUT2D eigenvalue weighted by Gasteiger charge is 2.17. The fourth-order valence-corrected chi connectivity index (χ4v) is 0.938. The molecule has 2 atom stereocenters. The van der Waals surface area contributed by atoms with Gasteiger partial charge in [-0.1, -0.05) is 0 Å². The first-order valence-electron chi connectivity index (χ1n) is 4.42. The third-order valence-corrected chi connectivity index (χ3v) is 1.46. The summed E-state index contributed by atoms with van der Waals surface area (Å²) in [6, 6.07) is 0. The number of carbonyl (C=O) groups is 1. The Hall–Kier alpha value is -0.610. The third-order valence-electron chi connectivity index (χ3n) is 1.46. The summed E-state index contributed by atoms with van der Waals surface area (Å²) in [5.74, 6) is -0.328. The highest BCUT2D eigenvalue weighted by Crippen LogP contribution is 2.00. The molecule has 78 valence electrons. The number of methoxy groups -OCH3 is 1. The zero-order valence-corrected chi connectivity index (χ0v) is 8.70. The molecule has 2 unspecified atom stereocenters. The zero-order chi connectivity index (χ0) is 10.3. The van der Waals surface area contributed by atoms with Gasteiger partial charge in [-0.2, -0.15) is 0 Å². The number of esters is 1. The van der Waals surface area contributed by atoms with Crippen LogP contribution in [0.2, 0.25) is 0 Å². The molecule has 0 spiro atoms. The maximum absolute atomic E-state index is 11.1. The van der Waals surface area contributed by atoms with Crippen molar-refractivity contribution in [2.24, 2.45) is 0 Å². The van der Waals surface area contributed by atoms with E-state index in [1.54, 1.807) is 21.0 Å². The molecule has 13 heavy (non-hydrogen) atoms. The molecule has 0 aliphatic rings. The summed E-state index contributed by atoms with van der Waals surface area (Å²) in [5.41, 5.74) is 0. The number of hydrogen-bond acceptors (Lipinski definition) is 4. The highest BCUT2D eigenvalue weighted by atomic mass is 16.6. The van der Waals surface area contributed by atoms with Crippen molar-refractivity contribution in [3.05, 3.63) is 0 Å². The van der Waals surface area contributed by atoms with Crippen LogP contribution < -0.4 is 0 Å². The normalized spacial score (nSPS) is 15.1. The van der Waals surface area contributed by atoms with Gasteiger partial charge in [0.25, 0.3) is 0 Å². The van der Waals surface area contributed by atoms with E-state index < -0.39 is 6.10 Å². The summed E-state index contributed by atoms with van der Waals surface area (Å²) in [6.45, 7) is 6.14. The summed E-state index contributed by atoms with van der Waals surface area (Å²) in [4.78, 5) is 11.1. The van der Waals surface area contributed by atoms with E-state index in [9.17, 15) is 4.79 Å². The molecule has 0 radical (unpaired) electrons. The van der Waals surface area contributed by atoms with Gasteiger partial charge >= 0.3 is 5.97 Å². The van der Waals surface area contributed by atoms with E-state index >= 15 is 0 Å². The minimum atomic E-state index is -0.523. The third kappa shape index (κ3) is 5.60. The van der Waals surface area contributed by atoms with Crippen LogP contribution in [-0.4, -0.2) is 38.5 Å². The van der Waals surface area contributed by atoms with E-state index in [1.165, 1.54) is 0 Å². The van der Waals surface area contributed by atoms with Gasteiger partial charge in [0.15, 0.2) is 6.10 Å². The van der Waals surface area contributed by atoms with Gasteiger partial charge in [-0.15, -0.1) is 0 Å². The second-order valence-corrected chi connectivity index (χ2v) is 2.80. The molecule has 0 saturated carbocycles. The molecule has 0 aliphatic carbocycles. The summed E-state index contributed by atoms with van der Waals surface area (Å²) >= 11 is 0. The standard InChI is InChI=1S/C9H18O4/c1-5-12-9(10)8(3)13-7(2)6-11-4/h7-8H,5-6H2,1-4H3. The first-order chi connectivity index (χ1) is 6.11. The van der Waals surface area contributed by atoms with E-state index in [4.69, 9.17) is 14.2 Å². The maximum atomic E-state index is 11.1. The molecule has 0 amide bonds. The second-order valence-electron chi connectivity index (χ2n) is 2.80. The molecule has 0 aromatic rings. The second kappa shape index (κ2) is 6.86. The van der Waals surface area contributed by atoms with E-state index in [2.05, 4.69) is 0 Å². The SMILES string of the molecule is CCOC(=O)C(C)OC(C)COC. The Kier molecular flexibility index (Phi) is 6.54. The van der Waals surface area contributed by atoms with Gasteiger partial charge in [-0.25, -0.2) is 4.79 Å². The molecule has 0 rings (SSSR count). The fraction of sp³-hybridized carbons (Fsp3) is 0.889. The Morgan fingerprint density at radius 2 is 2.00 bits per heavy atom. The number of rotatable bonds is 6.